The van der Waals surface area contributed by atoms with E-state index in [9.17, 15) is 4.79 Å². The first kappa shape index (κ1) is 23.2. The number of nitrogens with zero attached hydrogens (tertiary/aromatic N) is 2. The fourth-order valence-corrected chi connectivity index (χ4v) is 8.40. The molecule has 8 heteroatoms. The van der Waals surface area contributed by atoms with E-state index < -0.39 is 18.6 Å². The zero-order valence-corrected chi connectivity index (χ0v) is 21.0. The number of hydrogen-bond donors (Lipinski definition) is 0. The van der Waals surface area contributed by atoms with Crippen LogP contribution < -0.4 is 7.16 Å². The van der Waals surface area contributed by atoms with E-state index in [2.05, 4.69) is 48.5 Å². The summed E-state index contributed by atoms with van der Waals surface area (Å²) in [4.78, 5) is 14.9. The second-order valence-corrected chi connectivity index (χ2v) is 14.6. The molecule has 0 atom stereocenters. The molecule has 2 aromatic carbocycles. The molecule has 28 heavy (non-hydrogen) atoms. The Labute approximate surface area is 188 Å². The Hall–Kier alpha value is -1.09. The fraction of sp³-hybridized carbons (Fsp3) is 0.300. The first-order valence-corrected chi connectivity index (χ1v) is 16.3. The van der Waals surface area contributed by atoms with Gasteiger partial charge in [-0.1, -0.05) is 4.32 Å². The number of carbonyl (C=O) groups is 1. The summed E-state index contributed by atoms with van der Waals surface area (Å²) in [6.45, 7) is 4.90. The van der Waals surface area contributed by atoms with E-state index in [1.54, 1.807) is 11.8 Å². The molecule has 1 heterocycles. The van der Waals surface area contributed by atoms with E-state index >= 15 is 0 Å². The summed E-state index contributed by atoms with van der Waals surface area (Å²) in [6.07, 6.45) is -0.248. The van der Waals surface area contributed by atoms with Crippen LogP contribution >= 0.6 is 21.1 Å². The van der Waals surface area contributed by atoms with Gasteiger partial charge in [-0.2, -0.15) is 0 Å². The Morgan fingerprint density at radius 3 is 1.82 bits per heavy atom. The number of piperazine rings is 1. The minimum atomic E-state index is -2.03. The molecule has 0 aliphatic carbocycles. The number of hydrogen-bond acceptors (Lipinski definition) is 4. The Bertz CT molecular complexity index is 705. The van der Waals surface area contributed by atoms with E-state index in [1.807, 2.05) is 17.0 Å². The van der Waals surface area contributed by atoms with Crippen molar-refractivity contribution in [2.75, 3.05) is 32.8 Å². The molecule has 0 radical (unpaired) electrons. The van der Waals surface area contributed by atoms with Crippen molar-refractivity contribution in [3.8, 4) is 0 Å². The number of ether oxygens (including phenoxy) is 1. The maximum atomic E-state index is 11.3. The normalized spacial score (nSPS) is 13.2. The van der Waals surface area contributed by atoms with E-state index in [0.717, 1.165) is 0 Å². The van der Waals surface area contributed by atoms with Crippen molar-refractivity contribution in [1.82, 2.24) is 9.80 Å². The second kappa shape index (κ2) is 12.5. The van der Waals surface area contributed by atoms with Crippen molar-refractivity contribution in [2.24, 2.45) is 0 Å². The average molecular weight is 542 g/mol. The second-order valence-electron chi connectivity index (χ2n) is 5.98. The molecule has 3 rings (SSSR count). The van der Waals surface area contributed by atoms with Crippen molar-refractivity contribution in [3.05, 3.63) is 60.7 Å². The minimum absolute atomic E-state index is 0.248. The van der Waals surface area contributed by atoms with Crippen LogP contribution in [0, 0.1) is 0 Å². The molecule has 148 valence electrons. The summed E-state index contributed by atoms with van der Waals surface area (Å²) in [5.41, 5.74) is 0. The number of amides is 1. The van der Waals surface area contributed by atoms with E-state index in [-0.39, 0.29) is 6.09 Å². The number of thiocarbonyl (C=S) groups is 1. The molecule has 0 spiro atoms. The predicted molar refractivity (Wildman–Crippen MR) is 124 cm³/mol. The van der Waals surface area contributed by atoms with E-state index in [1.165, 1.54) is 7.16 Å². The Morgan fingerprint density at radius 1 is 1.00 bits per heavy atom. The van der Waals surface area contributed by atoms with Crippen molar-refractivity contribution in [1.29, 1.82) is 0 Å². The molecule has 1 saturated heterocycles. The quantitative estimate of drug-likeness (QED) is 0.339. The van der Waals surface area contributed by atoms with Crippen LogP contribution in [-0.4, -0.2) is 71.6 Å². The molecule has 0 N–H and O–H groups in total. The van der Waals surface area contributed by atoms with Crippen LogP contribution in [0.1, 0.15) is 6.92 Å². The van der Waals surface area contributed by atoms with Gasteiger partial charge < -0.3 is 39.4 Å². The molecule has 0 bridgehead atoms. The zero-order chi connectivity index (χ0) is 20.4. The summed E-state index contributed by atoms with van der Waals surface area (Å²) in [5.74, 6) is 0. The van der Waals surface area contributed by atoms with Crippen LogP contribution in [0.5, 0.6) is 0 Å². The van der Waals surface area contributed by atoms with Crippen LogP contribution in [0.4, 0.5) is 4.79 Å². The molecule has 0 aromatic heterocycles. The molecular weight excluding hydrogens is 519 g/mol. The van der Waals surface area contributed by atoms with Crippen LogP contribution in [-0.2, 0) is 17.4 Å². The summed E-state index contributed by atoms with van der Waals surface area (Å²) in [6, 6.07) is 20.8. The average Bonchev–Trinajstić information content (AvgIpc) is 2.75. The molecule has 4 nitrogen and oxygen atoms in total. The third-order valence-electron chi connectivity index (χ3n) is 4.12. The van der Waals surface area contributed by atoms with E-state index in [0.29, 0.717) is 37.1 Å². The molecule has 0 saturated carbocycles. The Morgan fingerprint density at radius 2 is 1.43 bits per heavy atom. The first-order chi connectivity index (χ1) is 13.5. The molecular formula is C20H23ClN2O2S2Sn. The van der Waals surface area contributed by atoms with Gasteiger partial charge in [0.25, 0.3) is 0 Å². The van der Waals surface area contributed by atoms with Gasteiger partial charge >= 0.3 is 101 Å². The molecule has 1 amide bonds. The summed E-state index contributed by atoms with van der Waals surface area (Å²) < 4.78 is 8.04. The molecule has 2 aromatic rings. The standard InChI is InChI=1S/C8H14N2O2S2.2C6H5.ClH.Sn/c1-2-12-7(11)9-3-5-10(6-4-9)8(13)14;2*1-2-4-6-5-3-1;;/h2-6H2,1H3,(H,13,14);2*1-5H;1H;/q;;;;+2/p-2. The van der Waals surface area contributed by atoms with Gasteiger partial charge in [0, 0.05) is 26.2 Å². The first-order valence-electron chi connectivity index (χ1n) is 9.03. The van der Waals surface area contributed by atoms with E-state index in [4.69, 9.17) is 38.5 Å². The predicted octanol–water partition coefficient (Wildman–Crippen LogP) is 2.62. The van der Waals surface area contributed by atoms with Crippen molar-refractivity contribution < 1.29 is 9.53 Å². The number of carbonyl (C=O) groups excluding carboxylic acids is 1. The van der Waals surface area contributed by atoms with Crippen LogP contribution in [0.15, 0.2) is 60.7 Å². The van der Waals surface area contributed by atoms with Gasteiger partial charge in [0.05, 0.1) is 6.61 Å². The molecule has 1 aliphatic rings. The van der Waals surface area contributed by atoms with Crippen molar-refractivity contribution >= 4 is 70.0 Å². The van der Waals surface area contributed by atoms with Crippen molar-refractivity contribution in [2.45, 2.75) is 6.92 Å². The van der Waals surface area contributed by atoms with Crippen LogP contribution in [0.25, 0.3) is 0 Å². The van der Waals surface area contributed by atoms with Gasteiger partial charge in [0.1, 0.15) is 0 Å². The number of rotatable bonds is 3. The van der Waals surface area contributed by atoms with Gasteiger partial charge in [-0.05, 0) is 6.92 Å². The third kappa shape index (κ3) is 7.39. The van der Waals surface area contributed by atoms with Gasteiger partial charge in [-0.3, -0.25) is 0 Å². The molecule has 1 aliphatic heterocycles. The molecule has 0 unspecified atom stereocenters. The molecule has 1 fully saturated rings. The fourth-order valence-electron chi connectivity index (χ4n) is 2.62. The summed E-state index contributed by atoms with van der Waals surface area (Å²) >= 11 is 7.72. The van der Waals surface area contributed by atoms with Crippen molar-refractivity contribution in [3.63, 3.8) is 0 Å². The summed E-state index contributed by atoms with van der Waals surface area (Å²) in [5, 5.41) is 0. The van der Waals surface area contributed by atoms with Gasteiger partial charge in [-0.25, -0.2) is 4.79 Å². The SMILES string of the molecule is CCOC(=O)N1CCN(C(=S)[S-])CC1.[Cl][Sn+]([c]1ccccc1)[c]1ccccc1. The van der Waals surface area contributed by atoms with Gasteiger partial charge in [0.2, 0.25) is 0 Å². The van der Waals surface area contributed by atoms with Gasteiger partial charge in [0.15, 0.2) is 0 Å². The number of benzene rings is 2. The maximum absolute atomic E-state index is 11.3. The zero-order valence-electron chi connectivity index (χ0n) is 15.7. The summed E-state index contributed by atoms with van der Waals surface area (Å²) in [7, 11) is 6.53. The van der Waals surface area contributed by atoms with Gasteiger partial charge in [-0.15, -0.1) is 0 Å². The monoisotopic (exact) mass is 542 g/mol. The van der Waals surface area contributed by atoms with Crippen LogP contribution in [0.3, 0.4) is 0 Å². The number of halogens is 1. The third-order valence-corrected chi connectivity index (χ3v) is 12.4. The Balaban J connectivity index is 0.000000200. The topological polar surface area (TPSA) is 32.8 Å². The van der Waals surface area contributed by atoms with Crippen LogP contribution in [0.2, 0.25) is 0 Å². The Kier molecular flexibility index (Phi) is 10.3.